The van der Waals surface area contributed by atoms with Crippen LogP contribution in [0, 0.1) is 12.3 Å². The first-order valence-electron chi connectivity index (χ1n) is 6.85. The van der Waals surface area contributed by atoms with Crippen molar-refractivity contribution in [3.63, 3.8) is 0 Å². The van der Waals surface area contributed by atoms with Gasteiger partial charge in [-0.2, -0.15) is 0 Å². The first-order chi connectivity index (χ1) is 9.15. The normalized spacial score (nSPS) is 42.8. The van der Waals surface area contributed by atoms with Gasteiger partial charge in [0.05, 0.1) is 24.4 Å². The van der Waals surface area contributed by atoms with Crippen LogP contribution in [0.4, 0.5) is 0 Å². The minimum absolute atomic E-state index is 0.199. The van der Waals surface area contributed by atoms with Crippen molar-refractivity contribution in [2.24, 2.45) is 0 Å². The first-order valence-corrected chi connectivity index (χ1v) is 8.69. The molecule has 19 heavy (non-hydrogen) atoms. The van der Waals surface area contributed by atoms with Crippen LogP contribution in [0.3, 0.4) is 0 Å². The highest BCUT2D eigenvalue weighted by Gasteiger charge is 2.43. The molecule has 0 N–H and O–H groups in total. The Morgan fingerprint density at radius 1 is 1.16 bits per heavy atom. The molecule has 0 spiro atoms. The number of ether oxygens (including phenoxy) is 2. The Morgan fingerprint density at radius 3 is 2.26 bits per heavy atom. The van der Waals surface area contributed by atoms with Crippen molar-refractivity contribution in [1.82, 2.24) is 0 Å². The Hall–Kier alpha value is 0.180. The third-order valence-corrected chi connectivity index (χ3v) is 5.75. The third-order valence-electron chi connectivity index (χ3n) is 3.82. The van der Waals surface area contributed by atoms with Crippen LogP contribution in [0.2, 0.25) is 0 Å². The first kappa shape index (κ1) is 15.6. The van der Waals surface area contributed by atoms with Crippen LogP contribution in [0.5, 0.6) is 0 Å². The molecule has 0 aliphatic carbocycles. The monoisotopic (exact) mass is 390 g/mol. The van der Waals surface area contributed by atoms with Crippen molar-refractivity contribution in [3.8, 4) is 12.3 Å². The maximum atomic E-state index is 6.13. The average molecular weight is 392 g/mol. The van der Waals surface area contributed by atoms with E-state index in [1.807, 2.05) is 6.08 Å². The molecule has 2 nitrogen and oxygen atoms in total. The summed E-state index contributed by atoms with van der Waals surface area (Å²) in [6, 6.07) is 0. The Morgan fingerprint density at radius 2 is 1.74 bits per heavy atom. The van der Waals surface area contributed by atoms with E-state index in [1.165, 1.54) is 0 Å². The second-order valence-corrected chi connectivity index (χ2v) is 7.49. The van der Waals surface area contributed by atoms with Gasteiger partial charge >= 0.3 is 0 Å². The minimum atomic E-state index is 0.199. The van der Waals surface area contributed by atoms with E-state index < -0.39 is 0 Å². The number of halogens is 2. The lowest BCUT2D eigenvalue weighted by Crippen LogP contribution is -2.26. The van der Waals surface area contributed by atoms with Gasteiger partial charge in [-0.3, -0.25) is 0 Å². The number of hydrogen-bond acceptors (Lipinski definition) is 2. The number of alkyl halides is 2. The van der Waals surface area contributed by atoms with Crippen molar-refractivity contribution < 1.29 is 9.47 Å². The van der Waals surface area contributed by atoms with Crippen LogP contribution < -0.4 is 0 Å². The molecule has 0 aromatic heterocycles. The molecule has 2 heterocycles. The van der Waals surface area contributed by atoms with Crippen LogP contribution in [0.15, 0.2) is 12.2 Å². The average Bonchev–Trinajstić information content (AvgIpc) is 2.93. The second-order valence-electron chi connectivity index (χ2n) is 5.14. The van der Waals surface area contributed by atoms with Gasteiger partial charge in [0.2, 0.25) is 0 Å². The van der Waals surface area contributed by atoms with E-state index in [-0.39, 0.29) is 18.3 Å². The smallest absolute Gasteiger partial charge is 0.0853 e. The highest BCUT2D eigenvalue weighted by atomic mass is 79.9. The van der Waals surface area contributed by atoms with Crippen LogP contribution in [-0.2, 0) is 9.47 Å². The van der Waals surface area contributed by atoms with E-state index in [4.69, 9.17) is 15.9 Å². The van der Waals surface area contributed by atoms with Crippen LogP contribution in [-0.4, -0.2) is 34.1 Å². The molecule has 0 amide bonds. The standard InChI is InChI=1S/C15H20Br2O2/c1-3-5-6-7-13-11(17)9-15(19-13)14-8-10(16)12(4-2)18-14/h1,5-6,10-15H,4,7-9H2,2H3/b6-5+/t10-,11-,12+,13+,14+,15+/m0/s1. The van der Waals surface area contributed by atoms with Gasteiger partial charge in [0.25, 0.3) is 0 Å². The molecule has 0 bridgehead atoms. The van der Waals surface area contributed by atoms with Gasteiger partial charge < -0.3 is 9.47 Å². The summed E-state index contributed by atoms with van der Waals surface area (Å²) >= 11 is 7.42. The molecule has 0 aromatic carbocycles. The molecule has 2 rings (SSSR count). The van der Waals surface area contributed by atoms with E-state index in [1.54, 1.807) is 6.08 Å². The van der Waals surface area contributed by atoms with Gasteiger partial charge in [-0.1, -0.05) is 50.8 Å². The van der Waals surface area contributed by atoms with E-state index in [2.05, 4.69) is 44.7 Å². The fraction of sp³-hybridized carbons (Fsp3) is 0.733. The maximum absolute atomic E-state index is 6.13. The van der Waals surface area contributed by atoms with Crippen molar-refractivity contribution in [1.29, 1.82) is 0 Å². The highest BCUT2D eigenvalue weighted by molar-refractivity contribution is 9.09. The topological polar surface area (TPSA) is 18.5 Å². The second kappa shape index (κ2) is 7.26. The molecule has 0 saturated carbocycles. The van der Waals surface area contributed by atoms with E-state index in [9.17, 15) is 0 Å². The summed E-state index contributed by atoms with van der Waals surface area (Å²) in [6.07, 6.45) is 13.8. The maximum Gasteiger partial charge on any atom is 0.0853 e. The molecular weight excluding hydrogens is 372 g/mol. The number of rotatable bonds is 4. The predicted molar refractivity (Wildman–Crippen MR) is 84.9 cm³/mol. The van der Waals surface area contributed by atoms with Gasteiger partial charge in [-0.15, -0.1) is 6.42 Å². The zero-order valence-electron chi connectivity index (χ0n) is 11.1. The summed E-state index contributed by atoms with van der Waals surface area (Å²) < 4.78 is 12.2. The quantitative estimate of drug-likeness (QED) is 0.535. The van der Waals surface area contributed by atoms with E-state index >= 15 is 0 Å². The fourth-order valence-electron chi connectivity index (χ4n) is 2.78. The Balaban J connectivity index is 1.87. The summed E-state index contributed by atoms with van der Waals surface area (Å²) in [7, 11) is 0. The van der Waals surface area contributed by atoms with Gasteiger partial charge in [0.1, 0.15) is 0 Å². The Kier molecular flexibility index (Phi) is 5.95. The Labute approximate surface area is 132 Å². The van der Waals surface area contributed by atoms with E-state index in [0.717, 1.165) is 25.7 Å². The van der Waals surface area contributed by atoms with Crippen LogP contribution in [0.25, 0.3) is 0 Å². The van der Waals surface area contributed by atoms with Gasteiger partial charge in [0, 0.05) is 9.65 Å². The minimum Gasteiger partial charge on any atom is -0.371 e. The SMILES string of the molecule is C#C/C=C/C[C@H]1O[C@@H]([C@H]2C[C@H](Br)[C@@H](CC)O2)C[C@@H]1Br. The largest absolute Gasteiger partial charge is 0.371 e. The highest BCUT2D eigenvalue weighted by Crippen LogP contribution is 2.38. The summed E-state index contributed by atoms with van der Waals surface area (Å²) in [4.78, 5) is 0.846. The van der Waals surface area contributed by atoms with Crippen LogP contribution in [0.1, 0.15) is 32.6 Å². The lowest BCUT2D eigenvalue weighted by molar-refractivity contribution is -0.0640. The molecule has 4 heteroatoms. The molecule has 2 aliphatic rings. The summed E-state index contributed by atoms with van der Waals surface area (Å²) in [6.45, 7) is 2.16. The molecule has 2 fully saturated rings. The lowest BCUT2D eigenvalue weighted by atomic mass is 10.1. The van der Waals surface area contributed by atoms with Crippen molar-refractivity contribution >= 4 is 31.9 Å². The van der Waals surface area contributed by atoms with Crippen molar-refractivity contribution in [2.45, 2.75) is 66.7 Å². The zero-order chi connectivity index (χ0) is 13.8. The predicted octanol–water partition coefficient (Wildman–Crippen LogP) is 3.82. The van der Waals surface area contributed by atoms with Gasteiger partial charge in [-0.05, 0) is 31.8 Å². The molecular formula is C15H20Br2O2. The van der Waals surface area contributed by atoms with E-state index in [0.29, 0.717) is 15.8 Å². The molecule has 0 radical (unpaired) electrons. The number of terminal acetylenes is 1. The zero-order valence-corrected chi connectivity index (χ0v) is 14.3. The molecule has 2 saturated heterocycles. The fourth-order valence-corrected chi connectivity index (χ4v) is 4.36. The third kappa shape index (κ3) is 3.85. The van der Waals surface area contributed by atoms with Gasteiger partial charge in [0.15, 0.2) is 0 Å². The molecule has 0 aromatic rings. The lowest BCUT2D eigenvalue weighted by Gasteiger charge is -2.19. The summed E-state index contributed by atoms with van der Waals surface area (Å²) in [5.41, 5.74) is 0. The summed E-state index contributed by atoms with van der Waals surface area (Å²) in [5, 5.41) is 0. The molecule has 6 atom stereocenters. The van der Waals surface area contributed by atoms with Crippen molar-refractivity contribution in [3.05, 3.63) is 12.2 Å². The number of hydrogen-bond donors (Lipinski definition) is 0. The Bertz CT molecular complexity index is 364. The van der Waals surface area contributed by atoms with Crippen LogP contribution >= 0.6 is 31.9 Å². The molecule has 2 aliphatic heterocycles. The summed E-state index contributed by atoms with van der Waals surface area (Å²) in [5.74, 6) is 2.51. The number of allylic oxidation sites excluding steroid dienone is 1. The molecule has 0 unspecified atom stereocenters. The molecule has 106 valence electrons. The van der Waals surface area contributed by atoms with Crippen molar-refractivity contribution in [2.75, 3.05) is 0 Å². The van der Waals surface area contributed by atoms with Gasteiger partial charge in [-0.25, -0.2) is 0 Å².